The average Bonchev–Trinajstić information content (AvgIpc) is 3.19. The Labute approximate surface area is 193 Å². The fourth-order valence-electron chi connectivity index (χ4n) is 5.32. The number of allylic oxidation sites excluding steroid dienone is 2. The third-order valence-corrected chi connectivity index (χ3v) is 7.82. The minimum Gasteiger partial charge on any atom is -0.392 e. The molecule has 2 aliphatic carbocycles. The number of nitrogens with zero attached hydrogens (tertiary/aromatic N) is 1. The fourth-order valence-corrected chi connectivity index (χ4v) is 5.32. The third-order valence-electron chi connectivity index (χ3n) is 7.82. The van der Waals surface area contributed by atoms with Gasteiger partial charge in [0, 0.05) is 11.5 Å². The summed E-state index contributed by atoms with van der Waals surface area (Å²) in [6.45, 7) is 12.1. The molecule has 0 aromatic carbocycles. The zero-order valence-electron chi connectivity index (χ0n) is 21.4. The van der Waals surface area contributed by atoms with Crippen molar-refractivity contribution in [2.24, 2.45) is 17.8 Å². The van der Waals surface area contributed by atoms with E-state index in [0.29, 0.717) is 18.3 Å². The van der Waals surface area contributed by atoms with Crippen molar-refractivity contribution >= 4 is 0 Å². The van der Waals surface area contributed by atoms with Crippen LogP contribution in [0.15, 0.2) is 23.8 Å². The molecule has 2 rings (SSSR count). The Morgan fingerprint density at radius 2 is 1.81 bits per heavy atom. The summed E-state index contributed by atoms with van der Waals surface area (Å²) in [5.41, 5.74) is 1.28. The van der Waals surface area contributed by atoms with E-state index in [1.165, 1.54) is 38.6 Å². The van der Waals surface area contributed by atoms with Gasteiger partial charge >= 0.3 is 0 Å². The average molecular weight is 434 g/mol. The highest BCUT2D eigenvalue weighted by Gasteiger charge is 2.43. The van der Waals surface area contributed by atoms with Gasteiger partial charge in [-0.05, 0) is 98.1 Å². The predicted molar refractivity (Wildman–Crippen MR) is 133 cm³/mol. The van der Waals surface area contributed by atoms with Gasteiger partial charge in [0.05, 0.1) is 11.7 Å². The summed E-state index contributed by atoms with van der Waals surface area (Å²) >= 11 is 0. The van der Waals surface area contributed by atoms with Crippen molar-refractivity contribution in [2.75, 3.05) is 13.6 Å². The zero-order chi connectivity index (χ0) is 23.1. The molecule has 3 heteroatoms. The summed E-state index contributed by atoms with van der Waals surface area (Å²) < 4.78 is 0. The Bertz CT molecular complexity index is 586. The van der Waals surface area contributed by atoms with Crippen molar-refractivity contribution < 1.29 is 10.2 Å². The highest BCUT2D eigenvalue weighted by Crippen LogP contribution is 2.48. The van der Waals surface area contributed by atoms with Crippen LogP contribution in [-0.2, 0) is 0 Å². The lowest BCUT2D eigenvalue weighted by Gasteiger charge is -2.31. The summed E-state index contributed by atoms with van der Waals surface area (Å²) in [5, 5.41) is 21.1. The molecule has 31 heavy (non-hydrogen) atoms. The van der Waals surface area contributed by atoms with Crippen molar-refractivity contribution in [3.8, 4) is 0 Å². The van der Waals surface area contributed by atoms with Crippen LogP contribution in [0.5, 0.6) is 0 Å². The maximum atomic E-state index is 10.6. The summed E-state index contributed by atoms with van der Waals surface area (Å²) in [7, 11) is 2.23. The molecule has 2 aliphatic rings. The van der Waals surface area contributed by atoms with Crippen LogP contribution in [0.1, 0.15) is 105 Å². The van der Waals surface area contributed by atoms with Crippen molar-refractivity contribution in [3.05, 3.63) is 23.8 Å². The highest BCUT2D eigenvalue weighted by molar-refractivity contribution is 5.20. The van der Waals surface area contributed by atoms with E-state index in [4.69, 9.17) is 0 Å². The molecule has 5 atom stereocenters. The Hall–Kier alpha value is -0.640. The molecule has 1 fully saturated rings. The van der Waals surface area contributed by atoms with Gasteiger partial charge in [0.25, 0.3) is 0 Å². The highest BCUT2D eigenvalue weighted by atomic mass is 16.3. The standard InChI is InChI=1S/C28H51NO2/c1-7-8-16-28(5,31)17-13-15-24-25-20-22(19-23(25)21-26(24)30)14-11-9-10-12-18-29(6)27(2,3)4/h13,15,19,23-26,30-31H,7-12,14,16-18,20-21H2,1-6H3/b15-13+/t23-,24+,25-,26+,28-/m0/s1. The van der Waals surface area contributed by atoms with E-state index in [1.54, 1.807) is 5.57 Å². The van der Waals surface area contributed by atoms with Crippen LogP contribution in [0.25, 0.3) is 0 Å². The van der Waals surface area contributed by atoms with E-state index in [9.17, 15) is 10.2 Å². The lowest BCUT2D eigenvalue weighted by Crippen LogP contribution is -2.38. The van der Waals surface area contributed by atoms with Crippen LogP contribution in [0.3, 0.4) is 0 Å². The fraction of sp³-hybridized carbons (Fsp3) is 0.857. The molecular formula is C28H51NO2. The second kappa shape index (κ2) is 12.0. The molecular weight excluding hydrogens is 382 g/mol. The van der Waals surface area contributed by atoms with E-state index in [1.807, 2.05) is 6.92 Å². The number of unbranched alkanes of at least 4 members (excludes halogenated alkanes) is 4. The predicted octanol–water partition coefficient (Wildman–Crippen LogP) is 6.50. The molecule has 0 saturated heterocycles. The van der Waals surface area contributed by atoms with Crippen molar-refractivity contribution in [3.63, 3.8) is 0 Å². The smallest absolute Gasteiger partial charge is 0.0654 e. The van der Waals surface area contributed by atoms with Gasteiger partial charge < -0.3 is 15.1 Å². The first-order chi connectivity index (χ1) is 14.5. The van der Waals surface area contributed by atoms with Gasteiger partial charge in [-0.1, -0.05) is 56.4 Å². The Balaban J connectivity index is 1.69. The molecule has 0 bridgehead atoms. The summed E-state index contributed by atoms with van der Waals surface area (Å²) in [4.78, 5) is 2.45. The van der Waals surface area contributed by atoms with Crippen LogP contribution in [0.2, 0.25) is 0 Å². The van der Waals surface area contributed by atoms with E-state index in [2.05, 4.69) is 57.9 Å². The van der Waals surface area contributed by atoms with Crippen molar-refractivity contribution in [1.29, 1.82) is 0 Å². The largest absolute Gasteiger partial charge is 0.392 e. The maximum Gasteiger partial charge on any atom is 0.0654 e. The first-order valence-corrected chi connectivity index (χ1v) is 13.0. The van der Waals surface area contributed by atoms with E-state index in [-0.39, 0.29) is 17.6 Å². The molecule has 0 spiro atoms. The van der Waals surface area contributed by atoms with Crippen LogP contribution in [0.4, 0.5) is 0 Å². The number of hydrogen-bond acceptors (Lipinski definition) is 3. The molecule has 3 nitrogen and oxygen atoms in total. The van der Waals surface area contributed by atoms with Crippen LogP contribution in [0, 0.1) is 17.8 Å². The maximum absolute atomic E-state index is 10.6. The molecule has 0 aliphatic heterocycles. The number of rotatable bonds is 13. The molecule has 0 aromatic rings. The van der Waals surface area contributed by atoms with Gasteiger partial charge in [0.2, 0.25) is 0 Å². The Morgan fingerprint density at radius 1 is 1.10 bits per heavy atom. The minimum atomic E-state index is -0.615. The Morgan fingerprint density at radius 3 is 2.48 bits per heavy atom. The number of aliphatic hydroxyl groups is 2. The normalized spacial score (nSPS) is 28.4. The van der Waals surface area contributed by atoms with Crippen molar-refractivity contribution in [1.82, 2.24) is 4.90 Å². The topological polar surface area (TPSA) is 43.7 Å². The molecule has 180 valence electrons. The summed E-state index contributed by atoms with van der Waals surface area (Å²) in [6.07, 6.45) is 18.9. The van der Waals surface area contributed by atoms with Gasteiger partial charge in [-0.15, -0.1) is 0 Å². The van der Waals surface area contributed by atoms with Gasteiger partial charge in [-0.3, -0.25) is 0 Å². The van der Waals surface area contributed by atoms with Crippen LogP contribution in [-0.4, -0.2) is 45.9 Å². The summed E-state index contributed by atoms with van der Waals surface area (Å²) in [6, 6.07) is 0. The monoisotopic (exact) mass is 433 g/mol. The van der Waals surface area contributed by atoms with E-state index < -0.39 is 5.60 Å². The number of hydrogen-bond donors (Lipinski definition) is 2. The summed E-state index contributed by atoms with van der Waals surface area (Å²) in [5.74, 6) is 1.39. The van der Waals surface area contributed by atoms with Crippen molar-refractivity contribution in [2.45, 2.75) is 122 Å². The minimum absolute atomic E-state index is 0.218. The molecule has 1 saturated carbocycles. The van der Waals surface area contributed by atoms with E-state index >= 15 is 0 Å². The van der Waals surface area contributed by atoms with Crippen LogP contribution < -0.4 is 0 Å². The number of aliphatic hydroxyl groups excluding tert-OH is 1. The van der Waals surface area contributed by atoms with Gasteiger partial charge in [-0.2, -0.15) is 0 Å². The molecule has 0 amide bonds. The second-order valence-electron chi connectivity index (χ2n) is 11.7. The lowest BCUT2D eigenvalue weighted by atomic mass is 9.87. The second-order valence-corrected chi connectivity index (χ2v) is 11.7. The van der Waals surface area contributed by atoms with Gasteiger partial charge in [0.1, 0.15) is 0 Å². The molecule has 0 unspecified atom stereocenters. The zero-order valence-corrected chi connectivity index (χ0v) is 21.4. The van der Waals surface area contributed by atoms with Gasteiger partial charge in [-0.25, -0.2) is 0 Å². The van der Waals surface area contributed by atoms with Gasteiger partial charge in [0.15, 0.2) is 0 Å². The van der Waals surface area contributed by atoms with Crippen LogP contribution >= 0.6 is 0 Å². The Kier molecular flexibility index (Phi) is 10.3. The first kappa shape index (κ1) is 26.6. The number of fused-ring (bicyclic) bond motifs is 1. The quantitative estimate of drug-likeness (QED) is 0.257. The molecule has 0 heterocycles. The molecule has 2 N–H and O–H groups in total. The first-order valence-electron chi connectivity index (χ1n) is 13.0. The molecule has 0 aromatic heterocycles. The lowest BCUT2D eigenvalue weighted by molar-refractivity contribution is 0.0513. The van der Waals surface area contributed by atoms with E-state index in [0.717, 1.165) is 32.1 Å². The SMILES string of the molecule is CCCC[C@](C)(O)C/C=C/[C@@H]1[C@H]2CC(CCCCCCN(C)C(C)(C)C)=C[C@H]2C[C@H]1O. The molecule has 0 radical (unpaired) electrons. The third kappa shape index (κ3) is 8.67.